The van der Waals surface area contributed by atoms with Crippen molar-refractivity contribution in [3.8, 4) is 17.0 Å². The van der Waals surface area contributed by atoms with Crippen LogP contribution in [0, 0.1) is 0 Å². The van der Waals surface area contributed by atoms with Crippen LogP contribution in [0.5, 0.6) is 5.75 Å². The molecule has 10 nitrogen and oxygen atoms in total. The molecule has 0 aliphatic carbocycles. The molecule has 2 aliphatic heterocycles. The highest BCUT2D eigenvalue weighted by Crippen LogP contribution is 2.27. The van der Waals surface area contributed by atoms with Gasteiger partial charge in [-0.2, -0.15) is 0 Å². The van der Waals surface area contributed by atoms with E-state index in [1.807, 2.05) is 30.3 Å². The predicted molar refractivity (Wildman–Crippen MR) is 134 cm³/mol. The van der Waals surface area contributed by atoms with Crippen molar-refractivity contribution in [1.82, 2.24) is 20.3 Å². The highest BCUT2D eigenvalue weighted by Gasteiger charge is 2.20. The van der Waals surface area contributed by atoms with Gasteiger partial charge in [-0.15, -0.1) is 0 Å². The number of ether oxygens (including phenoxy) is 2. The SMILES string of the molecule is Nc1ncc(-c2ccc(O[C@@H]3CCCNC3)cc2)nc1C(=O)Nc1cnccc1N1CCOCC1. The van der Waals surface area contributed by atoms with Gasteiger partial charge in [0, 0.05) is 31.4 Å². The normalized spacial score (nSPS) is 18.2. The molecule has 5 rings (SSSR count). The van der Waals surface area contributed by atoms with Crippen molar-refractivity contribution < 1.29 is 14.3 Å². The van der Waals surface area contributed by atoms with Crippen molar-refractivity contribution in [3.63, 3.8) is 0 Å². The van der Waals surface area contributed by atoms with Crippen LogP contribution in [0.3, 0.4) is 0 Å². The second-order valence-electron chi connectivity index (χ2n) is 8.55. The minimum absolute atomic E-state index is 0.0628. The summed E-state index contributed by atoms with van der Waals surface area (Å²) in [5.41, 5.74) is 8.92. The molecule has 2 aliphatic rings. The van der Waals surface area contributed by atoms with Gasteiger partial charge in [0.1, 0.15) is 11.9 Å². The highest BCUT2D eigenvalue weighted by molar-refractivity contribution is 6.07. The number of hydrogen-bond acceptors (Lipinski definition) is 9. The Kier molecular flexibility index (Phi) is 7.01. The lowest BCUT2D eigenvalue weighted by Gasteiger charge is -2.30. The first-order valence-corrected chi connectivity index (χ1v) is 11.9. The summed E-state index contributed by atoms with van der Waals surface area (Å²) in [6, 6.07) is 9.51. The van der Waals surface area contributed by atoms with Crippen molar-refractivity contribution in [2.75, 3.05) is 55.3 Å². The Bertz CT molecular complexity index is 1160. The van der Waals surface area contributed by atoms with Crippen molar-refractivity contribution in [2.45, 2.75) is 18.9 Å². The van der Waals surface area contributed by atoms with Crippen LogP contribution >= 0.6 is 0 Å². The van der Waals surface area contributed by atoms with E-state index in [1.165, 1.54) is 0 Å². The summed E-state index contributed by atoms with van der Waals surface area (Å²) in [5, 5.41) is 6.25. The van der Waals surface area contributed by atoms with Crippen molar-refractivity contribution in [2.24, 2.45) is 0 Å². The molecule has 2 aromatic heterocycles. The zero-order valence-electron chi connectivity index (χ0n) is 19.4. The Hall–Kier alpha value is -3.76. The first-order chi connectivity index (χ1) is 17.2. The number of hydrogen-bond donors (Lipinski definition) is 3. The van der Waals surface area contributed by atoms with E-state index >= 15 is 0 Å². The Labute approximate surface area is 203 Å². The number of nitrogen functional groups attached to an aromatic ring is 1. The van der Waals surface area contributed by atoms with Gasteiger partial charge in [-0.25, -0.2) is 9.97 Å². The molecule has 2 fully saturated rings. The Morgan fingerprint density at radius 1 is 1.17 bits per heavy atom. The second kappa shape index (κ2) is 10.7. The Morgan fingerprint density at radius 2 is 2.00 bits per heavy atom. The lowest BCUT2D eigenvalue weighted by Crippen LogP contribution is -2.37. The molecule has 4 N–H and O–H groups in total. The number of nitrogens with one attached hydrogen (secondary N) is 2. The van der Waals surface area contributed by atoms with Crippen molar-refractivity contribution in [3.05, 3.63) is 54.6 Å². The minimum atomic E-state index is -0.441. The zero-order chi connectivity index (χ0) is 24.0. The number of carbonyl (C=O) groups excluding carboxylic acids is 1. The van der Waals surface area contributed by atoms with Crippen LogP contribution in [0.4, 0.5) is 17.2 Å². The van der Waals surface area contributed by atoms with Gasteiger partial charge in [0.25, 0.3) is 5.91 Å². The van der Waals surface area contributed by atoms with Crippen LogP contribution < -0.4 is 26.0 Å². The number of aromatic nitrogens is 3. The fourth-order valence-electron chi connectivity index (χ4n) is 4.27. The Balaban J connectivity index is 1.32. The number of nitrogens with zero attached hydrogens (tertiary/aromatic N) is 4. The van der Waals surface area contributed by atoms with E-state index < -0.39 is 5.91 Å². The molecule has 3 aromatic rings. The number of morpholine rings is 1. The fraction of sp³-hybridized carbons (Fsp3) is 0.360. The molecule has 0 radical (unpaired) electrons. The molecule has 182 valence electrons. The van der Waals surface area contributed by atoms with Crippen molar-refractivity contribution >= 4 is 23.1 Å². The van der Waals surface area contributed by atoms with Gasteiger partial charge in [-0.05, 0) is 49.7 Å². The lowest BCUT2D eigenvalue weighted by molar-refractivity contribution is 0.102. The quantitative estimate of drug-likeness (QED) is 0.492. The molecule has 0 spiro atoms. The molecular weight excluding hydrogens is 446 g/mol. The summed E-state index contributed by atoms with van der Waals surface area (Å²) < 4.78 is 11.5. The number of piperidine rings is 1. The zero-order valence-corrected chi connectivity index (χ0v) is 19.4. The van der Waals surface area contributed by atoms with E-state index in [4.69, 9.17) is 15.2 Å². The third-order valence-corrected chi connectivity index (χ3v) is 6.12. The van der Waals surface area contributed by atoms with E-state index in [9.17, 15) is 4.79 Å². The monoisotopic (exact) mass is 475 g/mol. The fourth-order valence-corrected chi connectivity index (χ4v) is 4.27. The standard InChI is InChI=1S/C25H29N7O3/c26-24-23(25(33)31-21-15-28-9-7-22(21)32-10-12-34-13-11-32)30-20(16-29-24)17-3-5-18(6-4-17)35-19-2-1-8-27-14-19/h3-7,9,15-16,19,27H,1-2,8,10-14H2,(H2,26,29)(H,31,33)/t19-/m1/s1. The predicted octanol–water partition coefficient (Wildman–Crippen LogP) is 2.34. The number of benzene rings is 1. The number of rotatable bonds is 6. The summed E-state index contributed by atoms with van der Waals surface area (Å²) in [7, 11) is 0. The molecule has 1 atom stereocenters. The molecule has 1 amide bonds. The van der Waals surface area contributed by atoms with E-state index in [2.05, 4.69) is 30.5 Å². The summed E-state index contributed by atoms with van der Waals surface area (Å²) >= 11 is 0. The van der Waals surface area contributed by atoms with Gasteiger partial charge in [0.05, 0.1) is 42.7 Å². The van der Waals surface area contributed by atoms with Gasteiger partial charge in [0.15, 0.2) is 11.5 Å². The smallest absolute Gasteiger partial charge is 0.278 e. The average Bonchev–Trinajstić information content (AvgIpc) is 2.91. The summed E-state index contributed by atoms with van der Waals surface area (Å²) in [6.45, 7) is 4.64. The number of anilines is 3. The molecule has 4 heterocycles. The molecule has 2 saturated heterocycles. The topological polar surface area (TPSA) is 128 Å². The van der Waals surface area contributed by atoms with Crippen LogP contribution in [0.25, 0.3) is 11.3 Å². The van der Waals surface area contributed by atoms with Crippen LogP contribution in [0.15, 0.2) is 48.9 Å². The Morgan fingerprint density at radius 3 is 2.77 bits per heavy atom. The summed E-state index contributed by atoms with van der Waals surface area (Å²) in [5.74, 6) is 0.424. The molecule has 35 heavy (non-hydrogen) atoms. The lowest BCUT2D eigenvalue weighted by atomic mass is 10.1. The van der Waals surface area contributed by atoms with Crippen LogP contribution in [0.1, 0.15) is 23.3 Å². The molecule has 0 unspecified atom stereocenters. The number of pyridine rings is 1. The van der Waals surface area contributed by atoms with Crippen LogP contribution in [0.2, 0.25) is 0 Å². The van der Waals surface area contributed by atoms with E-state index in [1.54, 1.807) is 18.6 Å². The number of amides is 1. The minimum Gasteiger partial charge on any atom is -0.489 e. The third kappa shape index (κ3) is 5.50. The first kappa shape index (κ1) is 23.0. The average molecular weight is 476 g/mol. The largest absolute Gasteiger partial charge is 0.489 e. The van der Waals surface area contributed by atoms with E-state index in [-0.39, 0.29) is 17.6 Å². The van der Waals surface area contributed by atoms with Gasteiger partial charge in [0.2, 0.25) is 0 Å². The maximum atomic E-state index is 13.1. The van der Waals surface area contributed by atoms with Crippen molar-refractivity contribution in [1.29, 1.82) is 0 Å². The maximum Gasteiger partial charge on any atom is 0.278 e. The number of carbonyl (C=O) groups is 1. The van der Waals surface area contributed by atoms with Gasteiger partial charge < -0.3 is 30.7 Å². The molecule has 0 bridgehead atoms. The third-order valence-electron chi connectivity index (χ3n) is 6.12. The van der Waals surface area contributed by atoms with Gasteiger partial charge >= 0.3 is 0 Å². The van der Waals surface area contributed by atoms with Crippen LogP contribution in [-0.2, 0) is 4.74 Å². The summed E-state index contributed by atoms with van der Waals surface area (Å²) in [4.78, 5) is 28.2. The first-order valence-electron chi connectivity index (χ1n) is 11.9. The molecule has 10 heteroatoms. The van der Waals surface area contributed by atoms with Gasteiger partial charge in [-0.3, -0.25) is 9.78 Å². The maximum absolute atomic E-state index is 13.1. The molecule has 0 saturated carbocycles. The summed E-state index contributed by atoms with van der Waals surface area (Å²) in [6.07, 6.45) is 7.22. The van der Waals surface area contributed by atoms with E-state index in [0.717, 1.165) is 56.0 Å². The second-order valence-corrected chi connectivity index (χ2v) is 8.55. The van der Waals surface area contributed by atoms with Crippen LogP contribution in [-0.4, -0.2) is 66.4 Å². The van der Waals surface area contributed by atoms with Gasteiger partial charge in [-0.1, -0.05) is 0 Å². The highest BCUT2D eigenvalue weighted by atomic mass is 16.5. The number of nitrogens with two attached hydrogens (primary N) is 1. The molecular formula is C25H29N7O3. The molecule has 1 aromatic carbocycles. The van der Waals surface area contributed by atoms with E-state index in [0.29, 0.717) is 24.6 Å².